The fourth-order valence-corrected chi connectivity index (χ4v) is 1.92. The number of halogens is 3. The number of nitrogens with zero attached hydrogens (tertiary/aromatic N) is 1. The van der Waals surface area contributed by atoms with Gasteiger partial charge in [0.15, 0.2) is 0 Å². The summed E-state index contributed by atoms with van der Waals surface area (Å²) in [6.07, 6.45) is -4.53. The van der Waals surface area contributed by atoms with Gasteiger partial charge >= 0.3 is 13.3 Å². The van der Waals surface area contributed by atoms with E-state index in [2.05, 4.69) is 4.98 Å². The predicted octanol–water partition coefficient (Wildman–Crippen LogP) is 2.41. The van der Waals surface area contributed by atoms with Crippen LogP contribution in [0.1, 0.15) is 33.4 Å². The zero-order valence-electron chi connectivity index (χ0n) is 12.5. The number of pyridine rings is 1. The van der Waals surface area contributed by atoms with Gasteiger partial charge in [-0.05, 0) is 33.8 Å². The summed E-state index contributed by atoms with van der Waals surface area (Å²) < 4.78 is 54.6. The summed E-state index contributed by atoms with van der Waals surface area (Å²) in [5.41, 5.74) is -1.86. The highest BCUT2D eigenvalue weighted by Gasteiger charge is 2.53. The largest absolute Gasteiger partial charge is 0.500 e. The smallest absolute Gasteiger partial charge is 0.481 e. The summed E-state index contributed by atoms with van der Waals surface area (Å²) in [4.78, 5) is 3.50. The van der Waals surface area contributed by atoms with Crippen LogP contribution in [0.25, 0.3) is 0 Å². The molecule has 8 heteroatoms. The minimum absolute atomic E-state index is 0.150. The molecular weight excluding hydrogens is 286 g/mol. The van der Waals surface area contributed by atoms with Gasteiger partial charge in [0.05, 0.1) is 18.3 Å². The second kappa shape index (κ2) is 4.88. The molecule has 0 spiro atoms. The lowest BCUT2D eigenvalue weighted by atomic mass is 9.79. The van der Waals surface area contributed by atoms with Crippen LogP contribution in [0.5, 0.6) is 5.88 Å². The van der Waals surface area contributed by atoms with Crippen molar-refractivity contribution in [2.45, 2.75) is 45.1 Å². The maximum Gasteiger partial charge on any atom is 0.500 e. The maximum absolute atomic E-state index is 12.7. The molecule has 1 aromatic rings. The van der Waals surface area contributed by atoms with Crippen LogP contribution in [-0.2, 0) is 15.5 Å². The van der Waals surface area contributed by atoms with E-state index in [4.69, 9.17) is 14.0 Å². The van der Waals surface area contributed by atoms with Crippen LogP contribution in [-0.4, -0.2) is 30.4 Å². The molecule has 21 heavy (non-hydrogen) atoms. The normalized spacial score (nSPS) is 20.7. The molecule has 2 heterocycles. The van der Waals surface area contributed by atoms with E-state index in [1.165, 1.54) is 13.2 Å². The Morgan fingerprint density at radius 3 is 2.05 bits per heavy atom. The molecule has 1 saturated heterocycles. The second-order valence-electron chi connectivity index (χ2n) is 5.88. The van der Waals surface area contributed by atoms with Gasteiger partial charge in [0, 0.05) is 5.46 Å². The number of alkyl halides is 3. The van der Waals surface area contributed by atoms with E-state index in [-0.39, 0.29) is 5.88 Å². The Kier molecular flexibility index (Phi) is 3.74. The van der Waals surface area contributed by atoms with Gasteiger partial charge in [-0.15, -0.1) is 0 Å². The van der Waals surface area contributed by atoms with Crippen molar-refractivity contribution in [1.29, 1.82) is 0 Å². The van der Waals surface area contributed by atoms with E-state index < -0.39 is 30.2 Å². The Morgan fingerprint density at radius 2 is 1.62 bits per heavy atom. The Hall–Kier alpha value is -1.28. The monoisotopic (exact) mass is 303 g/mol. The minimum atomic E-state index is -4.53. The number of ether oxygens (including phenoxy) is 1. The lowest BCUT2D eigenvalue weighted by Crippen LogP contribution is -2.41. The van der Waals surface area contributed by atoms with Crippen LogP contribution in [0.15, 0.2) is 12.1 Å². The highest BCUT2D eigenvalue weighted by atomic mass is 19.4. The zero-order chi connectivity index (χ0) is 16.1. The third-order valence-electron chi connectivity index (χ3n) is 3.88. The lowest BCUT2D eigenvalue weighted by molar-refractivity contribution is -0.141. The Balaban J connectivity index is 2.38. The number of methoxy groups -OCH3 is 1. The minimum Gasteiger partial charge on any atom is -0.481 e. The summed E-state index contributed by atoms with van der Waals surface area (Å²) in [7, 11) is 0.441. The van der Waals surface area contributed by atoms with E-state index >= 15 is 0 Å². The molecule has 0 amide bonds. The summed E-state index contributed by atoms with van der Waals surface area (Å²) in [5.74, 6) is -0.150. The zero-order valence-corrected chi connectivity index (χ0v) is 12.5. The molecular formula is C13H17BF3NO3. The third kappa shape index (κ3) is 2.87. The van der Waals surface area contributed by atoms with Crippen LogP contribution >= 0.6 is 0 Å². The van der Waals surface area contributed by atoms with Crippen molar-refractivity contribution in [3.63, 3.8) is 0 Å². The fraction of sp³-hybridized carbons (Fsp3) is 0.615. The fourth-order valence-electron chi connectivity index (χ4n) is 1.92. The molecule has 2 rings (SSSR count). The van der Waals surface area contributed by atoms with Crippen molar-refractivity contribution in [3.8, 4) is 5.88 Å². The maximum atomic E-state index is 12.7. The van der Waals surface area contributed by atoms with Gasteiger partial charge in [-0.1, -0.05) is 6.07 Å². The SMILES string of the molecule is COc1nc(C(F)(F)F)ccc1B1OC(C)(C)C(C)(C)O1. The van der Waals surface area contributed by atoms with Crippen molar-refractivity contribution in [2.75, 3.05) is 7.11 Å². The van der Waals surface area contributed by atoms with E-state index in [1.54, 1.807) is 0 Å². The lowest BCUT2D eigenvalue weighted by Gasteiger charge is -2.32. The molecule has 0 N–H and O–H groups in total. The predicted molar refractivity (Wildman–Crippen MR) is 71.5 cm³/mol. The van der Waals surface area contributed by atoms with Crippen molar-refractivity contribution in [3.05, 3.63) is 17.8 Å². The van der Waals surface area contributed by atoms with Crippen LogP contribution < -0.4 is 10.2 Å². The van der Waals surface area contributed by atoms with E-state index in [0.717, 1.165) is 6.07 Å². The molecule has 0 atom stereocenters. The molecule has 1 aliphatic heterocycles. The van der Waals surface area contributed by atoms with Crippen molar-refractivity contribution < 1.29 is 27.2 Å². The van der Waals surface area contributed by atoms with Gasteiger partial charge in [-0.2, -0.15) is 13.2 Å². The van der Waals surface area contributed by atoms with Crippen molar-refractivity contribution >= 4 is 12.6 Å². The molecule has 0 aromatic carbocycles. The number of aromatic nitrogens is 1. The van der Waals surface area contributed by atoms with Crippen LogP contribution in [0.3, 0.4) is 0 Å². The summed E-state index contributed by atoms with van der Waals surface area (Å²) >= 11 is 0. The molecule has 0 unspecified atom stereocenters. The van der Waals surface area contributed by atoms with Crippen LogP contribution in [0.4, 0.5) is 13.2 Å². The second-order valence-corrected chi connectivity index (χ2v) is 5.88. The first-order valence-corrected chi connectivity index (χ1v) is 6.46. The molecule has 0 aliphatic carbocycles. The Morgan fingerprint density at radius 1 is 1.10 bits per heavy atom. The topological polar surface area (TPSA) is 40.6 Å². The standard InChI is InChI=1S/C13H17BF3NO3/c1-11(2)12(3,4)21-14(20-11)8-6-7-9(13(15,16)17)18-10(8)19-5/h6-7H,1-5H3. The first-order chi connectivity index (χ1) is 9.48. The van der Waals surface area contributed by atoms with Gasteiger partial charge < -0.3 is 14.0 Å². The van der Waals surface area contributed by atoms with Crippen LogP contribution in [0.2, 0.25) is 0 Å². The molecule has 4 nitrogen and oxygen atoms in total. The van der Waals surface area contributed by atoms with Crippen molar-refractivity contribution in [1.82, 2.24) is 4.98 Å². The highest BCUT2D eigenvalue weighted by molar-refractivity contribution is 6.63. The number of rotatable bonds is 2. The molecule has 1 aliphatic rings. The quantitative estimate of drug-likeness (QED) is 0.787. The van der Waals surface area contributed by atoms with Gasteiger partial charge in [0.25, 0.3) is 0 Å². The average Bonchev–Trinajstić information content (AvgIpc) is 2.56. The molecule has 1 fully saturated rings. The van der Waals surface area contributed by atoms with E-state index in [9.17, 15) is 13.2 Å². The third-order valence-corrected chi connectivity index (χ3v) is 3.88. The summed E-state index contributed by atoms with van der Waals surface area (Å²) in [5, 5.41) is 0. The highest BCUT2D eigenvalue weighted by Crippen LogP contribution is 2.37. The van der Waals surface area contributed by atoms with Gasteiger partial charge in [-0.3, -0.25) is 0 Å². The number of hydrogen-bond acceptors (Lipinski definition) is 4. The Labute approximate surface area is 121 Å². The summed E-state index contributed by atoms with van der Waals surface area (Å²) in [6.45, 7) is 7.43. The summed E-state index contributed by atoms with van der Waals surface area (Å²) in [6, 6.07) is 2.17. The first kappa shape index (κ1) is 16.1. The van der Waals surface area contributed by atoms with Crippen molar-refractivity contribution in [2.24, 2.45) is 0 Å². The van der Waals surface area contributed by atoms with Gasteiger partial charge in [0.1, 0.15) is 5.69 Å². The van der Waals surface area contributed by atoms with Gasteiger partial charge in [-0.25, -0.2) is 4.98 Å². The Bertz CT molecular complexity index is 530. The molecule has 1 aromatic heterocycles. The first-order valence-electron chi connectivity index (χ1n) is 6.46. The molecule has 116 valence electrons. The van der Waals surface area contributed by atoms with E-state index in [1.807, 2.05) is 27.7 Å². The molecule has 0 bridgehead atoms. The van der Waals surface area contributed by atoms with Gasteiger partial charge in [0.2, 0.25) is 5.88 Å². The van der Waals surface area contributed by atoms with Crippen LogP contribution in [0, 0.1) is 0 Å². The molecule has 0 saturated carbocycles. The molecule has 0 radical (unpaired) electrons. The van der Waals surface area contributed by atoms with E-state index in [0.29, 0.717) is 5.46 Å². The average molecular weight is 303 g/mol. The number of hydrogen-bond donors (Lipinski definition) is 0.